The molecule has 28 heavy (non-hydrogen) atoms. The summed E-state index contributed by atoms with van der Waals surface area (Å²) in [5.41, 5.74) is 1.89. The number of aromatic nitrogens is 5. The molecule has 0 bridgehead atoms. The molecule has 0 saturated carbocycles. The van der Waals surface area contributed by atoms with Crippen molar-refractivity contribution >= 4 is 16.9 Å². The average molecular weight is 374 g/mol. The summed E-state index contributed by atoms with van der Waals surface area (Å²) in [5.74, 6) is -0.155. The van der Waals surface area contributed by atoms with Crippen LogP contribution < -0.4 is 10.9 Å². The maximum Gasteiger partial charge on any atom is 0.264 e. The Morgan fingerprint density at radius 3 is 2.64 bits per heavy atom. The third kappa shape index (κ3) is 3.66. The first-order valence-corrected chi connectivity index (χ1v) is 8.87. The van der Waals surface area contributed by atoms with E-state index in [1.807, 2.05) is 48.5 Å². The van der Waals surface area contributed by atoms with E-state index in [0.717, 1.165) is 11.4 Å². The van der Waals surface area contributed by atoms with Crippen LogP contribution in [0.4, 0.5) is 0 Å². The van der Waals surface area contributed by atoms with E-state index in [2.05, 4.69) is 20.4 Å². The molecule has 0 aliphatic rings. The summed E-state index contributed by atoms with van der Waals surface area (Å²) in [6.07, 6.45) is 4.82. The zero-order chi connectivity index (χ0) is 19.3. The zero-order valence-electron chi connectivity index (χ0n) is 15.0. The number of carbonyl (C=O) groups is 1. The minimum Gasteiger partial charge on any atom is -0.350 e. The van der Waals surface area contributed by atoms with Gasteiger partial charge in [-0.1, -0.05) is 24.3 Å². The Morgan fingerprint density at radius 1 is 1.04 bits per heavy atom. The molecule has 0 spiro atoms. The van der Waals surface area contributed by atoms with Crippen LogP contribution in [0.5, 0.6) is 0 Å². The lowest BCUT2D eigenvalue weighted by molar-refractivity contribution is -0.121. The molecule has 0 aliphatic heterocycles. The van der Waals surface area contributed by atoms with Gasteiger partial charge in [-0.15, -0.1) is 0 Å². The molecular weight excluding hydrogens is 356 g/mol. The highest BCUT2D eigenvalue weighted by atomic mass is 16.1. The molecule has 3 aromatic heterocycles. The van der Waals surface area contributed by atoms with Crippen molar-refractivity contribution in [1.29, 1.82) is 0 Å². The standard InChI is InChI=1S/C20H18N6O2/c27-18(22-12-15-6-4-5-10-21-15)9-11-25-14-23-19-17(20(25)28)13-24-26(19)16-7-2-1-3-8-16/h1-8,10,13-14H,9,11-12H2,(H,22,27). The monoisotopic (exact) mass is 374 g/mol. The first-order valence-electron chi connectivity index (χ1n) is 8.87. The molecule has 0 saturated heterocycles. The Bertz CT molecular complexity index is 1150. The van der Waals surface area contributed by atoms with Gasteiger partial charge in [-0.3, -0.25) is 19.1 Å². The second-order valence-electron chi connectivity index (χ2n) is 6.22. The number of para-hydroxylation sites is 1. The molecule has 4 rings (SSSR count). The van der Waals surface area contributed by atoms with Gasteiger partial charge in [0.25, 0.3) is 5.56 Å². The zero-order valence-corrected chi connectivity index (χ0v) is 15.0. The Morgan fingerprint density at radius 2 is 1.86 bits per heavy atom. The lowest BCUT2D eigenvalue weighted by Crippen LogP contribution is -2.27. The molecular formula is C20H18N6O2. The van der Waals surface area contributed by atoms with E-state index in [0.29, 0.717) is 17.6 Å². The number of nitrogens with zero attached hydrogens (tertiary/aromatic N) is 5. The highest BCUT2D eigenvalue weighted by Crippen LogP contribution is 2.12. The van der Waals surface area contributed by atoms with Crippen LogP contribution in [0.15, 0.2) is 72.0 Å². The summed E-state index contributed by atoms with van der Waals surface area (Å²) in [4.78, 5) is 33.3. The van der Waals surface area contributed by atoms with Crippen LogP contribution >= 0.6 is 0 Å². The van der Waals surface area contributed by atoms with Crippen molar-refractivity contribution in [1.82, 2.24) is 29.6 Å². The molecule has 3 heterocycles. The maximum absolute atomic E-state index is 12.7. The number of nitrogens with one attached hydrogen (secondary N) is 1. The quantitative estimate of drug-likeness (QED) is 0.554. The number of pyridine rings is 1. The van der Waals surface area contributed by atoms with E-state index in [9.17, 15) is 9.59 Å². The van der Waals surface area contributed by atoms with Crippen LogP contribution in [0, 0.1) is 0 Å². The highest BCUT2D eigenvalue weighted by Gasteiger charge is 2.12. The largest absolute Gasteiger partial charge is 0.350 e. The molecule has 1 N–H and O–H groups in total. The molecule has 4 aromatic rings. The number of fused-ring (bicyclic) bond motifs is 1. The summed E-state index contributed by atoms with van der Waals surface area (Å²) in [6, 6.07) is 15.0. The minimum absolute atomic E-state index is 0.155. The van der Waals surface area contributed by atoms with Gasteiger partial charge in [0.15, 0.2) is 5.65 Å². The van der Waals surface area contributed by atoms with E-state index in [-0.39, 0.29) is 24.4 Å². The van der Waals surface area contributed by atoms with Gasteiger partial charge in [0.05, 0.1) is 30.5 Å². The van der Waals surface area contributed by atoms with Crippen molar-refractivity contribution in [2.45, 2.75) is 19.5 Å². The minimum atomic E-state index is -0.218. The van der Waals surface area contributed by atoms with Crippen LogP contribution in [-0.2, 0) is 17.9 Å². The van der Waals surface area contributed by atoms with Gasteiger partial charge in [0, 0.05) is 19.2 Å². The van der Waals surface area contributed by atoms with Gasteiger partial charge >= 0.3 is 0 Å². The highest BCUT2D eigenvalue weighted by molar-refractivity contribution is 5.76. The second-order valence-corrected chi connectivity index (χ2v) is 6.22. The fourth-order valence-electron chi connectivity index (χ4n) is 2.87. The van der Waals surface area contributed by atoms with Crippen molar-refractivity contribution in [3.63, 3.8) is 0 Å². The topological polar surface area (TPSA) is 94.7 Å². The number of benzene rings is 1. The lowest BCUT2D eigenvalue weighted by Gasteiger charge is -2.07. The average Bonchev–Trinajstić information content (AvgIpc) is 3.18. The fraction of sp³-hybridized carbons (Fsp3) is 0.150. The fourth-order valence-corrected chi connectivity index (χ4v) is 2.87. The van der Waals surface area contributed by atoms with Crippen LogP contribution in [0.1, 0.15) is 12.1 Å². The van der Waals surface area contributed by atoms with E-state index >= 15 is 0 Å². The van der Waals surface area contributed by atoms with Gasteiger partial charge in [-0.2, -0.15) is 5.10 Å². The predicted molar refractivity (Wildman–Crippen MR) is 104 cm³/mol. The van der Waals surface area contributed by atoms with E-state index in [4.69, 9.17) is 0 Å². The lowest BCUT2D eigenvalue weighted by atomic mass is 10.3. The van der Waals surface area contributed by atoms with Crippen molar-refractivity contribution in [3.8, 4) is 5.69 Å². The molecule has 0 aliphatic carbocycles. The smallest absolute Gasteiger partial charge is 0.264 e. The van der Waals surface area contributed by atoms with Crippen molar-refractivity contribution < 1.29 is 4.79 Å². The van der Waals surface area contributed by atoms with Crippen LogP contribution in [0.2, 0.25) is 0 Å². The maximum atomic E-state index is 12.7. The number of amides is 1. The summed E-state index contributed by atoms with van der Waals surface area (Å²) in [7, 11) is 0. The third-order valence-corrected chi connectivity index (χ3v) is 4.33. The number of aryl methyl sites for hydroxylation is 1. The number of hydrogen-bond donors (Lipinski definition) is 1. The molecule has 0 fully saturated rings. The Hall–Kier alpha value is -3.81. The van der Waals surface area contributed by atoms with E-state index < -0.39 is 0 Å². The van der Waals surface area contributed by atoms with Crippen LogP contribution in [0.3, 0.4) is 0 Å². The summed E-state index contributed by atoms with van der Waals surface area (Å²) in [5, 5.41) is 7.50. The van der Waals surface area contributed by atoms with Gasteiger partial charge in [0.1, 0.15) is 5.39 Å². The molecule has 1 amide bonds. The second kappa shape index (κ2) is 7.83. The van der Waals surface area contributed by atoms with Crippen molar-refractivity contribution in [2.24, 2.45) is 0 Å². The third-order valence-electron chi connectivity index (χ3n) is 4.33. The van der Waals surface area contributed by atoms with E-state index in [1.54, 1.807) is 10.9 Å². The van der Waals surface area contributed by atoms with Crippen LogP contribution in [0.25, 0.3) is 16.7 Å². The van der Waals surface area contributed by atoms with Gasteiger partial charge in [-0.25, -0.2) is 9.67 Å². The first-order chi connectivity index (χ1) is 13.7. The van der Waals surface area contributed by atoms with Gasteiger partial charge in [-0.05, 0) is 24.3 Å². The molecule has 8 nitrogen and oxygen atoms in total. The molecule has 0 radical (unpaired) electrons. The SMILES string of the molecule is O=C(CCn1cnc2c(cnn2-c2ccccc2)c1=O)NCc1ccccn1. The Balaban J connectivity index is 1.45. The molecule has 140 valence electrons. The number of rotatable bonds is 6. The molecule has 0 unspecified atom stereocenters. The Kier molecular flexibility index (Phi) is 4.92. The summed E-state index contributed by atoms with van der Waals surface area (Å²) < 4.78 is 3.06. The molecule has 0 atom stereocenters. The normalized spacial score (nSPS) is 10.9. The molecule has 8 heteroatoms. The van der Waals surface area contributed by atoms with E-state index in [1.165, 1.54) is 17.1 Å². The predicted octanol–water partition coefficient (Wildman–Crippen LogP) is 1.68. The first kappa shape index (κ1) is 17.6. The van der Waals surface area contributed by atoms with Crippen molar-refractivity contribution in [3.05, 3.63) is 83.3 Å². The van der Waals surface area contributed by atoms with Crippen molar-refractivity contribution in [2.75, 3.05) is 0 Å². The van der Waals surface area contributed by atoms with Gasteiger partial charge < -0.3 is 5.32 Å². The molecule has 1 aromatic carbocycles. The number of carbonyl (C=O) groups excluding carboxylic acids is 1. The Labute approximate surface area is 160 Å². The van der Waals surface area contributed by atoms with Crippen LogP contribution in [-0.4, -0.2) is 30.2 Å². The number of hydrogen-bond acceptors (Lipinski definition) is 5. The summed E-state index contributed by atoms with van der Waals surface area (Å²) in [6.45, 7) is 0.599. The van der Waals surface area contributed by atoms with Gasteiger partial charge in [0.2, 0.25) is 5.91 Å². The summed E-state index contributed by atoms with van der Waals surface area (Å²) >= 11 is 0.